The number of sulfonamides is 1. The summed E-state index contributed by atoms with van der Waals surface area (Å²) in [6.45, 7) is 7.94. The number of aromatic nitrogens is 4. The number of para-hydroxylation sites is 1. The quantitative estimate of drug-likeness (QED) is 0.0650. The minimum Gasteiger partial charge on any atom is -0.379 e. The number of thioether (sulfide) groups is 1. The Labute approximate surface area is 347 Å². The molecule has 0 radical (unpaired) electrons. The first-order valence-corrected chi connectivity index (χ1v) is 22.1. The summed E-state index contributed by atoms with van der Waals surface area (Å²) in [5.74, 6) is 0.751. The normalized spacial score (nSPS) is 15.9. The Kier molecular flexibility index (Phi) is 12.6. The lowest BCUT2D eigenvalue weighted by molar-refractivity contribution is -0.384. The van der Waals surface area contributed by atoms with Crippen LogP contribution in [0.25, 0.3) is 16.6 Å². The summed E-state index contributed by atoms with van der Waals surface area (Å²) in [5.41, 5.74) is 3.69. The van der Waals surface area contributed by atoms with Crippen LogP contribution in [0.5, 0.6) is 0 Å². The van der Waals surface area contributed by atoms with E-state index in [2.05, 4.69) is 56.4 Å². The molecule has 6 aromatic rings. The molecule has 2 aromatic heterocycles. The number of piperazine rings is 1. The Morgan fingerprint density at radius 3 is 2.37 bits per heavy atom. The summed E-state index contributed by atoms with van der Waals surface area (Å²) in [6.07, 6.45) is 5.82. The first-order chi connectivity index (χ1) is 28.8. The number of nitro benzene ring substituents is 1. The molecule has 0 aliphatic carbocycles. The van der Waals surface area contributed by atoms with Crippen molar-refractivity contribution < 1.29 is 18.1 Å². The van der Waals surface area contributed by atoms with E-state index in [9.17, 15) is 18.5 Å². The summed E-state index contributed by atoms with van der Waals surface area (Å²) < 4.78 is 37.8. The molecule has 0 saturated carbocycles. The number of imidazole rings is 1. The zero-order valence-corrected chi connectivity index (χ0v) is 34.1. The van der Waals surface area contributed by atoms with Gasteiger partial charge >= 0.3 is 0 Å². The Balaban J connectivity index is 0.935. The van der Waals surface area contributed by atoms with Crippen LogP contribution in [0.3, 0.4) is 0 Å². The molecule has 59 heavy (non-hydrogen) atoms. The van der Waals surface area contributed by atoms with E-state index in [1.165, 1.54) is 18.5 Å². The third kappa shape index (κ3) is 10.00. The summed E-state index contributed by atoms with van der Waals surface area (Å²) >= 11 is 1.67. The number of nitrogens with zero attached hydrogens (tertiary/aromatic N) is 8. The number of nitro groups is 1. The Hall–Kier alpha value is -5.59. The molecular formula is C42H46N10O5S2. The topological polar surface area (TPSA) is 164 Å². The predicted octanol–water partition coefficient (Wildman–Crippen LogP) is 6.14. The van der Waals surface area contributed by atoms with Crippen LogP contribution in [-0.4, -0.2) is 113 Å². The van der Waals surface area contributed by atoms with Gasteiger partial charge in [0.1, 0.15) is 12.0 Å². The molecule has 4 aromatic carbocycles. The van der Waals surface area contributed by atoms with E-state index in [-0.39, 0.29) is 28.1 Å². The van der Waals surface area contributed by atoms with Crippen LogP contribution in [0, 0.1) is 10.1 Å². The van der Waals surface area contributed by atoms with Crippen molar-refractivity contribution in [3.63, 3.8) is 0 Å². The summed E-state index contributed by atoms with van der Waals surface area (Å²) in [7, 11) is -4.27. The van der Waals surface area contributed by atoms with Crippen molar-refractivity contribution in [2.24, 2.45) is 0 Å². The van der Waals surface area contributed by atoms with Gasteiger partial charge in [0.15, 0.2) is 5.82 Å². The van der Waals surface area contributed by atoms with Crippen molar-refractivity contribution >= 4 is 55.6 Å². The standard InChI is InChI=1S/C42H46N10O5S2/c53-52(54)41-26-37(12-14-39(41)46-32(15-16-48-21-23-57-24-22-48)29-58-36-9-5-2-6-10-36)59(55,56)47-42-38-13-11-34(25-40(38)44-30-45-42)50-19-17-49(18-20-50)28-35-27-43-31-51(35)33-7-3-1-4-8-33/h1-14,25-27,30-32,46H,15-24,28-29H2,(H,44,45,47)/t32-/m1/s1. The number of nitrogens with one attached hydrogen (secondary N) is 2. The van der Waals surface area contributed by atoms with Gasteiger partial charge < -0.3 is 19.5 Å². The molecule has 0 bridgehead atoms. The Morgan fingerprint density at radius 2 is 1.61 bits per heavy atom. The highest BCUT2D eigenvalue weighted by atomic mass is 32.2. The number of fused-ring (bicyclic) bond motifs is 1. The lowest BCUT2D eigenvalue weighted by Gasteiger charge is -2.36. The second-order valence-corrected chi connectivity index (χ2v) is 17.3. The molecule has 8 rings (SSSR count). The van der Waals surface area contributed by atoms with E-state index < -0.39 is 14.9 Å². The van der Waals surface area contributed by atoms with Gasteiger partial charge in [-0.1, -0.05) is 36.4 Å². The van der Waals surface area contributed by atoms with E-state index in [4.69, 9.17) is 4.74 Å². The summed E-state index contributed by atoms with van der Waals surface area (Å²) in [4.78, 5) is 32.9. The maximum atomic E-state index is 13.8. The second kappa shape index (κ2) is 18.6. The molecule has 0 amide bonds. The maximum absolute atomic E-state index is 13.8. The number of anilines is 3. The van der Waals surface area contributed by atoms with Crippen LogP contribution in [0.15, 0.2) is 126 Å². The molecule has 1 atom stereocenters. The van der Waals surface area contributed by atoms with E-state index in [1.807, 2.05) is 79.3 Å². The fourth-order valence-corrected chi connectivity index (χ4v) is 9.45. The molecule has 2 fully saturated rings. The second-order valence-electron chi connectivity index (χ2n) is 14.5. The first kappa shape index (κ1) is 40.2. The molecular weight excluding hydrogens is 789 g/mol. The lowest BCUT2D eigenvalue weighted by atomic mass is 10.2. The predicted molar refractivity (Wildman–Crippen MR) is 231 cm³/mol. The van der Waals surface area contributed by atoms with Crippen LogP contribution < -0.4 is 14.9 Å². The molecule has 2 aliphatic rings. The lowest BCUT2D eigenvalue weighted by Crippen LogP contribution is -2.46. The SMILES string of the molecule is O=[N+]([O-])c1cc(S(=O)(=O)Nc2ncnc3cc(N4CCN(Cc5cncn5-c5ccccc5)CC4)ccc23)ccc1N[C@H](CCN1CCOCC1)CSc1ccccc1. The van der Waals surface area contributed by atoms with Crippen LogP contribution in [-0.2, 0) is 21.3 Å². The monoisotopic (exact) mass is 834 g/mol. The molecule has 0 spiro atoms. The molecule has 2 aliphatic heterocycles. The number of morpholine rings is 1. The van der Waals surface area contributed by atoms with Crippen LogP contribution in [0.2, 0.25) is 0 Å². The highest BCUT2D eigenvalue weighted by Crippen LogP contribution is 2.32. The fourth-order valence-electron chi connectivity index (χ4n) is 7.41. The van der Waals surface area contributed by atoms with Gasteiger partial charge in [-0.2, -0.15) is 0 Å². The molecule has 0 unspecified atom stereocenters. The van der Waals surface area contributed by atoms with Gasteiger partial charge in [-0.15, -0.1) is 11.8 Å². The fraction of sp³-hybridized carbons (Fsp3) is 0.310. The average Bonchev–Trinajstić information content (AvgIpc) is 3.73. The summed E-state index contributed by atoms with van der Waals surface area (Å²) in [6, 6.07) is 29.7. The van der Waals surface area contributed by atoms with Crippen LogP contribution in [0.4, 0.5) is 22.9 Å². The first-order valence-electron chi connectivity index (χ1n) is 19.6. The van der Waals surface area contributed by atoms with E-state index >= 15 is 0 Å². The van der Waals surface area contributed by atoms with E-state index in [0.29, 0.717) is 29.9 Å². The Bertz CT molecular complexity index is 2460. The molecule has 4 heterocycles. The third-order valence-electron chi connectivity index (χ3n) is 10.7. The largest absolute Gasteiger partial charge is 0.379 e. The van der Waals surface area contributed by atoms with Crippen molar-refractivity contribution in [3.05, 3.63) is 132 Å². The number of benzene rings is 4. The van der Waals surface area contributed by atoms with Gasteiger partial charge in [0, 0.05) is 98.1 Å². The van der Waals surface area contributed by atoms with Gasteiger partial charge in [0.05, 0.1) is 40.6 Å². The molecule has 17 heteroatoms. The number of hydrogen-bond donors (Lipinski definition) is 2. The number of hydrogen-bond acceptors (Lipinski definition) is 13. The minimum atomic E-state index is -4.27. The highest BCUT2D eigenvalue weighted by molar-refractivity contribution is 7.99. The molecule has 2 saturated heterocycles. The molecule has 306 valence electrons. The molecule has 15 nitrogen and oxygen atoms in total. The van der Waals surface area contributed by atoms with Crippen molar-refractivity contribution in [3.8, 4) is 5.69 Å². The van der Waals surface area contributed by atoms with Crippen molar-refractivity contribution in [2.75, 3.05) is 79.7 Å². The van der Waals surface area contributed by atoms with Crippen LogP contribution >= 0.6 is 11.8 Å². The van der Waals surface area contributed by atoms with Gasteiger partial charge in [-0.05, 0) is 61.0 Å². The average molecular weight is 835 g/mol. The van der Waals surface area contributed by atoms with E-state index in [0.717, 1.165) is 86.8 Å². The van der Waals surface area contributed by atoms with E-state index in [1.54, 1.807) is 11.8 Å². The highest BCUT2D eigenvalue weighted by Gasteiger charge is 2.26. The number of ether oxygens (including phenoxy) is 1. The summed E-state index contributed by atoms with van der Waals surface area (Å²) in [5, 5.41) is 16.3. The zero-order chi connectivity index (χ0) is 40.6. The minimum absolute atomic E-state index is 0.0902. The molecule has 2 N–H and O–H groups in total. The van der Waals surface area contributed by atoms with Crippen molar-refractivity contribution in [1.82, 2.24) is 29.3 Å². The Morgan fingerprint density at radius 1 is 0.847 bits per heavy atom. The van der Waals surface area contributed by atoms with Gasteiger partial charge in [0.25, 0.3) is 15.7 Å². The van der Waals surface area contributed by atoms with Gasteiger partial charge in [-0.3, -0.25) is 24.6 Å². The van der Waals surface area contributed by atoms with Gasteiger partial charge in [-0.25, -0.2) is 23.4 Å². The zero-order valence-electron chi connectivity index (χ0n) is 32.5. The van der Waals surface area contributed by atoms with Crippen LogP contribution in [0.1, 0.15) is 12.1 Å². The number of rotatable bonds is 16. The van der Waals surface area contributed by atoms with Gasteiger partial charge in [0.2, 0.25) is 0 Å². The van der Waals surface area contributed by atoms with Crippen molar-refractivity contribution in [1.29, 1.82) is 0 Å². The smallest absolute Gasteiger partial charge is 0.293 e. The van der Waals surface area contributed by atoms with Crippen molar-refractivity contribution in [2.45, 2.75) is 28.8 Å². The third-order valence-corrected chi connectivity index (χ3v) is 13.2. The maximum Gasteiger partial charge on any atom is 0.293 e.